The van der Waals surface area contributed by atoms with Gasteiger partial charge in [-0.25, -0.2) is 4.39 Å². The first kappa shape index (κ1) is 20.5. The first-order valence-corrected chi connectivity index (χ1v) is 9.55. The van der Waals surface area contributed by atoms with Crippen molar-refractivity contribution in [1.29, 1.82) is 0 Å². The summed E-state index contributed by atoms with van der Waals surface area (Å²) in [6.45, 7) is 5.25. The second kappa shape index (κ2) is 7.64. The highest BCUT2D eigenvalue weighted by molar-refractivity contribution is 6.30. The quantitative estimate of drug-likeness (QED) is 0.834. The first-order chi connectivity index (χ1) is 13.1. The van der Waals surface area contributed by atoms with E-state index in [2.05, 4.69) is 0 Å². The number of carbonyl (C=O) groups is 2. The normalized spacial score (nSPS) is 19.9. The van der Waals surface area contributed by atoms with Crippen molar-refractivity contribution in [2.75, 3.05) is 0 Å². The molecule has 2 atom stereocenters. The van der Waals surface area contributed by atoms with E-state index in [0.29, 0.717) is 22.6 Å². The molecule has 28 heavy (non-hydrogen) atoms. The molecular formula is C22H23ClFNO3. The molecule has 1 aliphatic rings. The third kappa shape index (κ3) is 4.10. The lowest BCUT2D eigenvalue weighted by atomic mass is 9.93. The number of amides is 2. The number of hydrogen-bond donors (Lipinski definition) is 1. The van der Waals surface area contributed by atoms with E-state index in [1.807, 2.05) is 12.1 Å². The summed E-state index contributed by atoms with van der Waals surface area (Å²) in [4.78, 5) is 26.2. The van der Waals surface area contributed by atoms with Crippen molar-refractivity contribution in [1.82, 2.24) is 4.90 Å². The Balaban J connectivity index is 1.82. The van der Waals surface area contributed by atoms with E-state index >= 15 is 0 Å². The van der Waals surface area contributed by atoms with Crippen LogP contribution in [0.25, 0.3) is 11.1 Å². The largest absolute Gasteiger partial charge is 0.383 e. The molecule has 4 nitrogen and oxygen atoms in total. The summed E-state index contributed by atoms with van der Waals surface area (Å²) in [5.74, 6) is -1.19. The molecule has 1 saturated heterocycles. The van der Waals surface area contributed by atoms with Crippen LogP contribution in [0.4, 0.5) is 4.39 Å². The molecule has 0 radical (unpaired) electrons. The van der Waals surface area contributed by atoms with Crippen LogP contribution in [0.5, 0.6) is 0 Å². The maximum atomic E-state index is 14.1. The maximum Gasteiger partial charge on any atom is 0.258 e. The number of halogens is 2. The van der Waals surface area contributed by atoms with E-state index in [1.165, 1.54) is 17.0 Å². The Hall–Kier alpha value is -2.24. The molecule has 148 valence electrons. The van der Waals surface area contributed by atoms with Gasteiger partial charge in [0.25, 0.3) is 5.91 Å². The van der Waals surface area contributed by atoms with Crippen LogP contribution in [-0.2, 0) is 16.0 Å². The van der Waals surface area contributed by atoms with Gasteiger partial charge in [-0.05, 0) is 35.7 Å². The summed E-state index contributed by atoms with van der Waals surface area (Å²) >= 11 is 5.96. The Labute approximate surface area is 168 Å². The molecule has 0 saturated carbocycles. The van der Waals surface area contributed by atoms with E-state index in [4.69, 9.17) is 11.6 Å². The lowest BCUT2D eigenvalue weighted by Crippen LogP contribution is -2.46. The monoisotopic (exact) mass is 403 g/mol. The molecule has 0 spiro atoms. The second-order valence-corrected chi connectivity index (χ2v) is 8.63. The molecule has 1 fully saturated rings. The number of hydrogen-bond acceptors (Lipinski definition) is 3. The van der Waals surface area contributed by atoms with Crippen molar-refractivity contribution in [2.45, 2.75) is 45.8 Å². The van der Waals surface area contributed by atoms with Gasteiger partial charge in [-0.3, -0.25) is 14.5 Å². The van der Waals surface area contributed by atoms with Crippen molar-refractivity contribution >= 4 is 23.4 Å². The third-order valence-electron chi connectivity index (χ3n) is 4.91. The van der Waals surface area contributed by atoms with Crippen LogP contribution in [0.1, 0.15) is 32.8 Å². The molecule has 2 unspecified atom stereocenters. The van der Waals surface area contributed by atoms with Crippen molar-refractivity contribution in [2.24, 2.45) is 5.41 Å². The van der Waals surface area contributed by atoms with E-state index in [-0.39, 0.29) is 18.1 Å². The molecule has 0 aliphatic carbocycles. The number of nitrogens with zero attached hydrogens (tertiary/aromatic N) is 1. The van der Waals surface area contributed by atoms with Crippen LogP contribution in [0.2, 0.25) is 5.02 Å². The van der Waals surface area contributed by atoms with Gasteiger partial charge in [-0.1, -0.05) is 56.6 Å². The van der Waals surface area contributed by atoms with Gasteiger partial charge in [0.15, 0.2) is 0 Å². The highest BCUT2D eigenvalue weighted by atomic mass is 35.5. The number of imide groups is 1. The van der Waals surface area contributed by atoms with Gasteiger partial charge in [0, 0.05) is 28.5 Å². The Morgan fingerprint density at radius 2 is 1.86 bits per heavy atom. The lowest BCUT2D eigenvalue weighted by molar-refractivity contribution is -0.151. The predicted octanol–water partition coefficient (Wildman–Crippen LogP) is 4.22. The van der Waals surface area contributed by atoms with Crippen molar-refractivity contribution in [3.63, 3.8) is 0 Å². The highest BCUT2D eigenvalue weighted by Gasteiger charge is 2.45. The zero-order chi connectivity index (χ0) is 20.6. The third-order valence-corrected chi connectivity index (χ3v) is 5.14. The fraction of sp³-hybridized carbons (Fsp3) is 0.364. The Bertz CT molecular complexity index is 905. The smallest absolute Gasteiger partial charge is 0.258 e. The fourth-order valence-electron chi connectivity index (χ4n) is 3.42. The van der Waals surface area contributed by atoms with Crippen LogP contribution in [0, 0.1) is 11.2 Å². The molecule has 1 N–H and O–H groups in total. The number of aliphatic hydroxyl groups is 1. The van der Waals surface area contributed by atoms with Gasteiger partial charge >= 0.3 is 0 Å². The molecular weight excluding hydrogens is 381 g/mol. The number of rotatable bonds is 3. The molecule has 2 amide bonds. The number of benzene rings is 2. The standard InChI is InChI=1S/C22H23ClFNO3/c1-22(2,3)21(28)25-16(12-19(26)20(25)27)10-13-4-6-14(7-5-13)17-11-15(23)8-9-18(17)24/h4-9,11,16,19,26H,10,12H2,1-3H3. The molecule has 3 rings (SSSR count). The molecule has 0 bridgehead atoms. The minimum atomic E-state index is -1.16. The molecule has 1 heterocycles. The number of carbonyl (C=O) groups excluding carboxylic acids is 2. The molecule has 2 aromatic rings. The van der Waals surface area contributed by atoms with Crippen LogP contribution < -0.4 is 0 Å². The predicted molar refractivity (Wildman–Crippen MR) is 106 cm³/mol. The fourth-order valence-corrected chi connectivity index (χ4v) is 3.59. The van der Waals surface area contributed by atoms with Crippen LogP contribution in [0.3, 0.4) is 0 Å². The van der Waals surface area contributed by atoms with Gasteiger partial charge in [-0.2, -0.15) is 0 Å². The molecule has 0 aromatic heterocycles. The van der Waals surface area contributed by atoms with E-state index in [9.17, 15) is 19.1 Å². The van der Waals surface area contributed by atoms with Crippen LogP contribution in [-0.4, -0.2) is 34.0 Å². The minimum Gasteiger partial charge on any atom is -0.383 e. The SMILES string of the molecule is CC(C)(C)C(=O)N1C(=O)C(O)CC1Cc1ccc(-c2cc(Cl)ccc2F)cc1. The summed E-state index contributed by atoms with van der Waals surface area (Å²) in [5, 5.41) is 10.4. The Kier molecular flexibility index (Phi) is 5.60. The average Bonchev–Trinajstić information content (AvgIpc) is 2.90. The van der Waals surface area contributed by atoms with Crippen molar-refractivity contribution in [3.05, 3.63) is 58.9 Å². The van der Waals surface area contributed by atoms with E-state index < -0.39 is 23.5 Å². The van der Waals surface area contributed by atoms with E-state index in [0.717, 1.165) is 5.56 Å². The van der Waals surface area contributed by atoms with Gasteiger partial charge < -0.3 is 5.11 Å². The Morgan fingerprint density at radius 3 is 2.46 bits per heavy atom. The van der Waals surface area contributed by atoms with Crippen LogP contribution >= 0.6 is 11.6 Å². The summed E-state index contributed by atoms with van der Waals surface area (Å²) in [6.07, 6.45) is -0.509. The summed E-state index contributed by atoms with van der Waals surface area (Å²) < 4.78 is 14.1. The van der Waals surface area contributed by atoms with Crippen LogP contribution in [0.15, 0.2) is 42.5 Å². The lowest BCUT2D eigenvalue weighted by Gasteiger charge is -2.29. The topological polar surface area (TPSA) is 57.6 Å². The first-order valence-electron chi connectivity index (χ1n) is 9.18. The molecule has 6 heteroatoms. The molecule has 1 aliphatic heterocycles. The van der Waals surface area contributed by atoms with Gasteiger partial charge in [0.2, 0.25) is 5.91 Å². The summed E-state index contributed by atoms with van der Waals surface area (Å²) in [7, 11) is 0. The highest BCUT2D eigenvalue weighted by Crippen LogP contribution is 2.30. The molecule has 2 aromatic carbocycles. The number of aliphatic hydroxyl groups excluding tert-OH is 1. The second-order valence-electron chi connectivity index (χ2n) is 8.19. The zero-order valence-corrected chi connectivity index (χ0v) is 16.8. The van der Waals surface area contributed by atoms with E-state index in [1.54, 1.807) is 39.0 Å². The average molecular weight is 404 g/mol. The van der Waals surface area contributed by atoms with Crippen molar-refractivity contribution in [3.8, 4) is 11.1 Å². The summed E-state index contributed by atoms with van der Waals surface area (Å²) in [6, 6.07) is 11.2. The minimum absolute atomic E-state index is 0.214. The summed E-state index contributed by atoms with van der Waals surface area (Å²) in [5.41, 5.74) is 1.28. The maximum absolute atomic E-state index is 14.1. The Morgan fingerprint density at radius 1 is 1.21 bits per heavy atom. The zero-order valence-electron chi connectivity index (χ0n) is 16.1. The van der Waals surface area contributed by atoms with Gasteiger partial charge in [-0.15, -0.1) is 0 Å². The number of likely N-dealkylation sites (tertiary alicyclic amines) is 1. The van der Waals surface area contributed by atoms with Crippen molar-refractivity contribution < 1.29 is 19.1 Å². The van der Waals surface area contributed by atoms with Gasteiger partial charge in [0.1, 0.15) is 11.9 Å². The van der Waals surface area contributed by atoms with Gasteiger partial charge in [0.05, 0.1) is 0 Å².